The molecule has 0 aliphatic heterocycles. The standard InChI is InChI=1S/C16H28N4O/c1-16(2,3)20-11-10-18-15(17-4)19-12-13-8-6-7-9-14(13)21-5/h6-9,20H,10-12H2,1-5H3,(H2,17,18,19). The minimum absolute atomic E-state index is 0.135. The Hall–Kier alpha value is -1.75. The van der Waals surface area contributed by atoms with Crippen molar-refractivity contribution in [1.82, 2.24) is 16.0 Å². The summed E-state index contributed by atoms with van der Waals surface area (Å²) < 4.78 is 5.34. The topological polar surface area (TPSA) is 57.7 Å². The van der Waals surface area contributed by atoms with Gasteiger partial charge in [0.1, 0.15) is 5.75 Å². The second-order valence-corrected chi connectivity index (χ2v) is 5.84. The van der Waals surface area contributed by atoms with Crippen molar-refractivity contribution in [2.45, 2.75) is 32.9 Å². The minimum Gasteiger partial charge on any atom is -0.496 e. The Morgan fingerprint density at radius 3 is 2.48 bits per heavy atom. The maximum absolute atomic E-state index is 5.34. The first-order valence-electron chi connectivity index (χ1n) is 7.27. The van der Waals surface area contributed by atoms with Gasteiger partial charge in [0.05, 0.1) is 7.11 Å². The van der Waals surface area contributed by atoms with Crippen LogP contribution in [0.5, 0.6) is 5.75 Å². The summed E-state index contributed by atoms with van der Waals surface area (Å²) >= 11 is 0. The molecule has 0 aliphatic carbocycles. The number of benzene rings is 1. The van der Waals surface area contributed by atoms with E-state index in [2.05, 4.69) is 41.7 Å². The fourth-order valence-corrected chi connectivity index (χ4v) is 1.87. The molecule has 118 valence electrons. The van der Waals surface area contributed by atoms with Gasteiger partial charge in [-0.2, -0.15) is 0 Å². The van der Waals surface area contributed by atoms with E-state index in [1.165, 1.54) is 0 Å². The maximum atomic E-state index is 5.34. The number of aliphatic imine (C=N–C) groups is 1. The Bertz CT molecular complexity index is 452. The van der Waals surface area contributed by atoms with Crippen molar-refractivity contribution in [2.75, 3.05) is 27.2 Å². The van der Waals surface area contributed by atoms with E-state index in [0.29, 0.717) is 6.54 Å². The zero-order valence-corrected chi connectivity index (χ0v) is 13.8. The zero-order chi connectivity index (χ0) is 15.7. The molecule has 0 radical (unpaired) electrons. The summed E-state index contributed by atoms with van der Waals surface area (Å²) in [7, 11) is 3.46. The number of rotatable bonds is 6. The monoisotopic (exact) mass is 292 g/mol. The molecule has 21 heavy (non-hydrogen) atoms. The van der Waals surface area contributed by atoms with Crippen molar-refractivity contribution in [2.24, 2.45) is 4.99 Å². The molecule has 0 unspecified atom stereocenters. The Kier molecular flexibility index (Phi) is 7.02. The summed E-state index contributed by atoms with van der Waals surface area (Å²) in [5.74, 6) is 1.67. The molecular formula is C16H28N4O. The third kappa shape index (κ3) is 6.99. The smallest absolute Gasteiger partial charge is 0.191 e. The average Bonchev–Trinajstić information content (AvgIpc) is 2.45. The van der Waals surface area contributed by atoms with E-state index < -0.39 is 0 Å². The number of guanidine groups is 1. The minimum atomic E-state index is 0.135. The number of hydrogen-bond donors (Lipinski definition) is 3. The third-order valence-electron chi connectivity index (χ3n) is 2.94. The molecule has 0 aromatic heterocycles. The fourth-order valence-electron chi connectivity index (χ4n) is 1.87. The van der Waals surface area contributed by atoms with Crippen LogP contribution in [0, 0.1) is 0 Å². The number of methoxy groups -OCH3 is 1. The van der Waals surface area contributed by atoms with Gasteiger partial charge in [0.15, 0.2) is 5.96 Å². The highest BCUT2D eigenvalue weighted by atomic mass is 16.5. The fraction of sp³-hybridized carbons (Fsp3) is 0.562. The van der Waals surface area contributed by atoms with Gasteiger partial charge in [0.25, 0.3) is 0 Å². The van der Waals surface area contributed by atoms with Gasteiger partial charge in [-0.3, -0.25) is 4.99 Å². The third-order valence-corrected chi connectivity index (χ3v) is 2.94. The molecule has 0 bridgehead atoms. The van der Waals surface area contributed by atoms with Crippen LogP contribution in [-0.4, -0.2) is 38.7 Å². The van der Waals surface area contributed by atoms with Crippen LogP contribution in [0.1, 0.15) is 26.3 Å². The molecule has 0 amide bonds. The first kappa shape index (κ1) is 17.3. The normalized spacial score (nSPS) is 12.1. The summed E-state index contributed by atoms with van der Waals surface area (Å²) in [5, 5.41) is 10.0. The summed E-state index contributed by atoms with van der Waals surface area (Å²) in [6.45, 7) is 8.85. The Morgan fingerprint density at radius 1 is 1.14 bits per heavy atom. The van der Waals surface area contributed by atoms with Gasteiger partial charge < -0.3 is 20.7 Å². The molecule has 1 rings (SSSR count). The molecule has 0 atom stereocenters. The van der Waals surface area contributed by atoms with Crippen LogP contribution in [-0.2, 0) is 6.54 Å². The molecule has 0 aliphatic rings. The lowest BCUT2D eigenvalue weighted by Gasteiger charge is -2.21. The maximum Gasteiger partial charge on any atom is 0.191 e. The van der Waals surface area contributed by atoms with Gasteiger partial charge in [-0.1, -0.05) is 18.2 Å². The van der Waals surface area contributed by atoms with Crippen LogP contribution in [0.15, 0.2) is 29.3 Å². The van der Waals surface area contributed by atoms with Gasteiger partial charge in [0, 0.05) is 37.8 Å². The molecule has 0 heterocycles. The lowest BCUT2D eigenvalue weighted by atomic mass is 10.1. The largest absolute Gasteiger partial charge is 0.496 e. The highest BCUT2D eigenvalue weighted by molar-refractivity contribution is 5.79. The van der Waals surface area contributed by atoms with Crippen LogP contribution in [0.3, 0.4) is 0 Å². The zero-order valence-electron chi connectivity index (χ0n) is 13.8. The van der Waals surface area contributed by atoms with Crippen LogP contribution in [0.25, 0.3) is 0 Å². The van der Waals surface area contributed by atoms with Gasteiger partial charge in [-0.25, -0.2) is 0 Å². The van der Waals surface area contributed by atoms with Gasteiger partial charge in [-0.05, 0) is 26.8 Å². The van der Waals surface area contributed by atoms with Crippen LogP contribution in [0.2, 0.25) is 0 Å². The molecule has 0 saturated heterocycles. The number of hydrogen-bond acceptors (Lipinski definition) is 3. The SMILES string of the molecule is CN=C(NCCNC(C)(C)C)NCc1ccccc1OC. The summed E-state index contributed by atoms with van der Waals surface area (Å²) in [4.78, 5) is 4.22. The summed E-state index contributed by atoms with van der Waals surface area (Å²) in [5.41, 5.74) is 1.24. The lowest BCUT2D eigenvalue weighted by Crippen LogP contribution is -2.44. The molecule has 0 fully saturated rings. The van der Waals surface area contributed by atoms with E-state index in [1.807, 2.05) is 24.3 Å². The second-order valence-electron chi connectivity index (χ2n) is 5.84. The molecule has 1 aromatic carbocycles. The Morgan fingerprint density at radius 2 is 1.86 bits per heavy atom. The van der Waals surface area contributed by atoms with Crippen molar-refractivity contribution < 1.29 is 4.74 Å². The van der Waals surface area contributed by atoms with Gasteiger partial charge in [0.2, 0.25) is 0 Å². The Balaban J connectivity index is 2.38. The molecule has 1 aromatic rings. The quantitative estimate of drug-likeness (QED) is 0.425. The van der Waals surface area contributed by atoms with Crippen molar-refractivity contribution in [3.63, 3.8) is 0 Å². The molecular weight excluding hydrogens is 264 g/mol. The highest BCUT2D eigenvalue weighted by Gasteiger charge is 2.07. The van der Waals surface area contributed by atoms with Crippen molar-refractivity contribution in [3.8, 4) is 5.75 Å². The Labute approximate surface area is 128 Å². The predicted octanol–water partition coefficient (Wildman–Crippen LogP) is 1.75. The first-order chi connectivity index (χ1) is 9.96. The van der Waals surface area contributed by atoms with E-state index in [1.54, 1.807) is 14.2 Å². The number of nitrogens with zero attached hydrogens (tertiary/aromatic N) is 1. The summed E-state index contributed by atoms with van der Waals surface area (Å²) in [6.07, 6.45) is 0. The number of ether oxygens (including phenoxy) is 1. The molecule has 5 heteroatoms. The molecule has 5 nitrogen and oxygen atoms in total. The number of para-hydroxylation sites is 1. The van der Waals surface area contributed by atoms with Crippen molar-refractivity contribution in [3.05, 3.63) is 29.8 Å². The second kappa shape index (κ2) is 8.52. The molecule has 3 N–H and O–H groups in total. The van der Waals surface area contributed by atoms with Crippen LogP contribution in [0.4, 0.5) is 0 Å². The van der Waals surface area contributed by atoms with Crippen molar-refractivity contribution in [1.29, 1.82) is 0 Å². The van der Waals surface area contributed by atoms with E-state index >= 15 is 0 Å². The lowest BCUT2D eigenvalue weighted by molar-refractivity contribution is 0.409. The van der Waals surface area contributed by atoms with E-state index in [-0.39, 0.29) is 5.54 Å². The highest BCUT2D eigenvalue weighted by Crippen LogP contribution is 2.16. The van der Waals surface area contributed by atoms with E-state index in [4.69, 9.17) is 4.74 Å². The van der Waals surface area contributed by atoms with E-state index in [0.717, 1.165) is 30.4 Å². The van der Waals surface area contributed by atoms with Gasteiger partial charge >= 0.3 is 0 Å². The van der Waals surface area contributed by atoms with Gasteiger partial charge in [-0.15, -0.1) is 0 Å². The predicted molar refractivity (Wildman–Crippen MR) is 89.0 cm³/mol. The first-order valence-corrected chi connectivity index (χ1v) is 7.27. The van der Waals surface area contributed by atoms with Crippen molar-refractivity contribution >= 4 is 5.96 Å². The van der Waals surface area contributed by atoms with E-state index in [9.17, 15) is 0 Å². The molecule has 0 spiro atoms. The number of nitrogens with one attached hydrogen (secondary N) is 3. The average molecular weight is 292 g/mol. The summed E-state index contributed by atoms with van der Waals surface area (Å²) in [6, 6.07) is 7.97. The van der Waals surface area contributed by atoms with Crippen LogP contribution >= 0.6 is 0 Å². The molecule has 0 saturated carbocycles. The van der Waals surface area contributed by atoms with Crippen LogP contribution < -0.4 is 20.7 Å².